The highest BCUT2D eigenvalue weighted by Crippen LogP contribution is 2.30. The zero-order chi connectivity index (χ0) is 10.9. The Morgan fingerprint density at radius 2 is 1.00 bits per heavy atom. The second kappa shape index (κ2) is 3.68. The topological polar surface area (TPSA) is 76.1 Å². The lowest BCUT2D eigenvalue weighted by atomic mass is 10.2. The number of hydrogen-bond acceptors (Lipinski definition) is 4. The van der Waals surface area contributed by atoms with Gasteiger partial charge in [-0.2, -0.15) is 0 Å². The van der Waals surface area contributed by atoms with E-state index in [0.29, 0.717) is 0 Å². The van der Waals surface area contributed by atoms with E-state index in [1.54, 1.807) is 10.9 Å². The number of hydrazine groups is 2. The summed E-state index contributed by atoms with van der Waals surface area (Å²) in [5.74, 6) is 2.61. The Labute approximate surface area is 75.8 Å². The third-order valence-corrected chi connectivity index (χ3v) is 1.55. The third-order valence-electron chi connectivity index (χ3n) is 1.55. The van der Waals surface area contributed by atoms with Gasteiger partial charge in [-0.05, 0) is 0 Å². The number of anilines is 2. The molecule has 8 heteroatoms. The largest absolute Gasteiger partial charge is 0.319 e. The highest BCUT2D eigenvalue weighted by atomic mass is 19.2. The van der Waals surface area contributed by atoms with Crippen molar-refractivity contribution in [2.24, 2.45) is 11.7 Å². The quantitative estimate of drug-likeness (QED) is 0.191. The van der Waals surface area contributed by atoms with Crippen molar-refractivity contribution in [1.29, 1.82) is 0 Å². The summed E-state index contributed by atoms with van der Waals surface area (Å²) in [4.78, 5) is 0. The molecule has 0 unspecified atom stereocenters. The number of rotatable bonds is 2. The van der Waals surface area contributed by atoms with Crippen LogP contribution in [0.4, 0.5) is 28.9 Å². The molecule has 14 heavy (non-hydrogen) atoms. The van der Waals surface area contributed by atoms with Crippen LogP contribution in [0.5, 0.6) is 0 Å². The van der Waals surface area contributed by atoms with Gasteiger partial charge in [-0.1, -0.05) is 0 Å². The van der Waals surface area contributed by atoms with E-state index < -0.39 is 34.6 Å². The van der Waals surface area contributed by atoms with Gasteiger partial charge in [0.05, 0.1) is 0 Å². The van der Waals surface area contributed by atoms with Gasteiger partial charge in [-0.15, -0.1) is 0 Å². The minimum absolute atomic E-state index is 1.00. The minimum Gasteiger partial charge on any atom is -0.319 e. The van der Waals surface area contributed by atoms with Gasteiger partial charge in [0, 0.05) is 0 Å². The molecule has 0 atom stereocenters. The van der Waals surface area contributed by atoms with Gasteiger partial charge in [0.25, 0.3) is 0 Å². The second-order valence-corrected chi connectivity index (χ2v) is 2.29. The van der Waals surface area contributed by atoms with Gasteiger partial charge < -0.3 is 10.9 Å². The first-order chi connectivity index (χ1) is 6.54. The van der Waals surface area contributed by atoms with Crippen molar-refractivity contribution in [3.63, 3.8) is 0 Å². The molecule has 78 valence electrons. The summed E-state index contributed by atoms with van der Waals surface area (Å²) in [7, 11) is 0. The van der Waals surface area contributed by atoms with Crippen LogP contribution in [0.2, 0.25) is 0 Å². The highest BCUT2D eigenvalue weighted by molar-refractivity contribution is 5.59. The monoisotopic (exact) mass is 210 g/mol. The van der Waals surface area contributed by atoms with E-state index in [-0.39, 0.29) is 0 Å². The molecule has 6 N–H and O–H groups in total. The van der Waals surface area contributed by atoms with Crippen LogP contribution in [-0.2, 0) is 0 Å². The molecule has 0 heterocycles. The van der Waals surface area contributed by atoms with Crippen LogP contribution < -0.4 is 22.5 Å². The number of nitrogen functional groups attached to an aromatic ring is 2. The Bertz CT molecular complexity index is 336. The van der Waals surface area contributed by atoms with Crippen LogP contribution in [0, 0.1) is 23.3 Å². The lowest BCUT2D eigenvalue weighted by Gasteiger charge is -2.10. The number of halogens is 4. The Morgan fingerprint density at radius 1 is 0.643 bits per heavy atom. The van der Waals surface area contributed by atoms with Crippen molar-refractivity contribution < 1.29 is 17.6 Å². The van der Waals surface area contributed by atoms with Crippen LogP contribution in [0.15, 0.2) is 0 Å². The molecular formula is C6H6F4N4. The summed E-state index contributed by atoms with van der Waals surface area (Å²) in [6.45, 7) is 0. The van der Waals surface area contributed by atoms with E-state index in [1.165, 1.54) is 0 Å². The van der Waals surface area contributed by atoms with Gasteiger partial charge in [0.15, 0.2) is 23.3 Å². The molecule has 0 aliphatic rings. The summed E-state index contributed by atoms with van der Waals surface area (Å²) in [5, 5.41) is 0. The lowest BCUT2D eigenvalue weighted by Crippen LogP contribution is -2.18. The summed E-state index contributed by atoms with van der Waals surface area (Å²) in [6, 6.07) is 0. The average Bonchev–Trinajstić information content (AvgIpc) is 2.16. The standard InChI is InChI=1S/C6H6F4N4/c7-1-2(8)5(13-11)4(10)6(14-12)3(1)9/h13-14H,11-12H2. The molecule has 0 aliphatic heterocycles. The maximum Gasteiger partial charge on any atom is 0.199 e. The molecule has 4 nitrogen and oxygen atoms in total. The van der Waals surface area contributed by atoms with E-state index in [9.17, 15) is 17.6 Å². The number of nitrogens with two attached hydrogens (primary N) is 2. The normalized spacial score (nSPS) is 10.1. The summed E-state index contributed by atoms with van der Waals surface area (Å²) < 4.78 is 51.3. The molecule has 0 spiro atoms. The molecule has 0 aromatic heterocycles. The van der Waals surface area contributed by atoms with E-state index in [2.05, 4.69) is 0 Å². The number of benzene rings is 1. The second-order valence-electron chi connectivity index (χ2n) is 2.29. The summed E-state index contributed by atoms with van der Waals surface area (Å²) >= 11 is 0. The molecule has 1 aromatic carbocycles. The van der Waals surface area contributed by atoms with Crippen LogP contribution in [0.3, 0.4) is 0 Å². The molecule has 0 amide bonds. The van der Waals surface area contributed by atoms with E-state index in [1.807, 2.05) is 0 Å². The Kier molecular flexibility index (Phi) is 2.77. The van der Waals surface area contributed by atoms with Gasteiger partial charge in [0.2, 0.25) is 0 Å². The van der Waals surface area contributed by atoms with Crippen molar-refractivity contribution in [1.82, 2.24) is 0 Å². The van der Waals surface area contributed by atoms with Crippen molar-refractivity contribution in [2.45, 2.75) is 0 Å². The molecule has 1 rings (SSSR count). The zero-order valence-corrected chi connectivity index (χ0v) is 6.67. The fraction of sp³-hybridized carbons (Fsp3) is 0. The fourth-order valence-electron chi connectivity index (χ4n) is 0.887. The Morgan fingerprint density at radius 3 is 1.29 bits per heavy atom. The van der Waals surface area contributed by atoms with Gasteiger partial charge in [0.1, 0.15) is 11.4 Å². The zero-order valence-electron chi connectivity index (χ0n) is 6.67. The van der Waals surface area contributed by atoms with E-state index >= 15 is 0 Å². The number of hydrogen-bond donors (Lipinski definition) is 4. The van der Waals surface area contributed by atoms with Crippen molar-refractivity contribution in [3.8, 4) is 0 Å². The lowest BCUT2D eigenvalue weighted by molar-refractivity contribution is 0.440. The van der Waals surface area contributed by atoms with Gasteiger partial charge in [-0.25, -0.2) is 17.6 Å². The van der Waals surface area contributed by atoms with Crippen LogP contribution >= 0.6 is 0 Å². The highest BCUT2D eigenvalue weighted by Gasteiger charge is 2.24. The Balaban J connectivity index is 3.56. The third kappa shape index (κ3) is 1.34. The van der Waals surface area contributed by atoms with Crippen molar-refractivity contribution >= 4 is 11.4 Å². The predicted molar refractivity (Wildman–Crippen MR) is 41.9 cm³/mol. The Hall–Kier alpha value is -1.54. The molecule has 1 aromatic rings. The molecule has 0 saturated heterocycles. The maximum atomic E-state index is 13.0. The fourth-order valence-corrected chi connectivity index (χ4v) is 0.887. The summed E-state index contributed by atoms with van der Waals surface area (Å²) in [6.07, 6.45) is 0. The first-order valence-corrected chi connectivity index (χ1v) is 3.33. The minimum atomic E-state index is -1.87. The SMILES string of the molecule is NNc1c(F)c(F)c(F)c(NN)c1F. The van der Waals surface area contributed by atoms with Crippen LogP contribution in [0.1, 0.15) is 0 Å². The van der Waals surface area contributed by atoms with E-state index in [4.69, 9.17) is 11.7 Å². The van der Waals surface area contributed by atoms with E-state index in [0.717, 1.165) is 0 Å². The molecule has 0 radical (unpaired) electrons. The van der Waals surface area contributed by atoms with Gasteiger partial charge in [-0.3, -0.25) is 11.7 Å². The van der Waals surface area contributed by atoms with Crippen LogP contribution in [-0.4, -0.2) is 0 Å². The van der Waals surface area contributed by atoms with Gasteiger partial charge >= 0.3 is 0 Å². The van der Waals surface area contributed by atoms with Crippen molar-refractivity contribution in [3.05, 3.63) is 23.3 Å². The summed E-state index contributed by atoms with van der Waals surface area (Å²) in [5.41, 5.74) is 1.10. The molecule has 0 bridgehead atoms. The molecule has 0 fully saturated rings. The average molecular weight is 210 g/mol. The first-order valence-electron chi connectivity index (χ1n) is 3.33. The van der Waals surface area contributed by atoms with Crippen molar-refractivity contribution in [2.75, 3.05) is 10.9 Å². The smallest absolute Gasteiger partial charge is 0.199 e. The van der Waals surface area contributed by atoms with Crippen LogP contribution in [0.25, 0.3) is 0 Å². The molecule has 0 aliphatic carbocycles. The number of nitrogens with one attached hydrogen (secondary N) is 2. The predicted octanol–water partition coefficient (Wildman–Crippen LogP) is 0.814. The molecular weight excluding hydrogens is 204 g/mol. The first kappa shape index (κ1) is 10.5. The molecule has 0 saturated carbocycles. The maximum absolute atomic E-state index is 13.0.